The zero-order chi connectivity index (χ0) is 11.8. The van der Waals surface area contributed by atoms with Crippen LogP contribution in [0.25, 0.3) is 0 Å². The molecule has 0 aliphatic rings. The summed E-state index contributed by atoms with van der Waals surface area (Å²) < 4.78 is 4.62. The van der Waals surface area contributed by atoms with E-state index in [2.05, 4.69) is 16.6 Å². The van der Waals surface area contributed by atoms with Crippen molar-refractivity contribution in [3.63, 3.8) is 0 Å². The normalized spacial score (nSPS) is 10.1. The highest BCUT2D eigenvalue weighted by atomic mass is 32.1. The Kier molecular flexibility index (Phi) is 5.82. The summed E-state index contributed by atoms with van der Waals surface area (Å²) in [6.07, 6.45) is 3.23. The van der Waals surface area contributed by atoms with Crippen molar-refractivity contribution in [2.45, 2.75) is 19.4 Å². The standard InChI is InChI=1S/C12H17NO2S/c1-3-4-7-13-9-11-6-5-10(16-11)8-12(14)15-2/h3,5-6,13H,1,4,7-9H2,2H3. The third-order valence-electron chi connectivity index (χ3n) is 2.09. The summed E-state index contributed by atoms with van der Waals surface area (Å²) in [5, 5.41) is 3.31. The maximum absolute atomic E-state index is 11.0. The van der Waals surface area contributed by atoms with Crippen LogP contribution >= 0.6 is 11.3 Å². The molecule has 0 saturated heterocycles. The Balaban J connectivity index is 2.33. The van der Waals surface area contributed by atoms with Gasteiger partial charge in [-0.1, -0.05) is 6.08 Å². The Morgan fingerprint density at radius 3 is 3.00 bits per heavy atom. The third-order valence-corrected chi connectivity index (χ3v) is 3.17. The minimum Gasteiger partial charge on any atom is -0.469 e. The summed E-state index contributed by atoms with van der Waals surface area (Å²) in [6.45, 7) is 5.45. The topological polar surface area (TPSA) is 38.3 Å². The fourth-order valence-corrected chi connectivity index (χ4v) is 2.22. The van der Waals surface area contributed by atoms with E-state index in [0.717, 1.165) is 24.4 Å². The molecule has 0 fully saturated rings. The maximum atomic E-state index is 11.0. The van der Waals surface area contributed by atoms with Crippen LogP contribution in [0.3, 0.4) is 0 Å². The number of thiophene rings is 1. The number of esters is 1. The summed E-state index contributed by atoms with van der Waals surface area (Å²) in [6, 6.07) is 4.02. The Bertz CT molecular complexity index is 347. The number of nitrogens with one attached hydrogen (secondary N) is 1. The monoisotopic (exact) mass is 239 g/mol. The first-order valence-electron chi connectivity index (χ1n) is 5.22. The van der Waals surface area contributed by atoms with Gasteiger partial charge in [0.2, 0.25) is 0 Å². The van der Waals surface area contributed by atoms with Crippen LogP contribution in [0, 0.1) is 0 Å². The van der Waals surface area contributed by atoms with Gasteiger partial charge in [0.25, 0.3) is 0 Å². The largest absolute Gasteiger partial charge is 0.469 e. The van der Waals surface area contributed by atoms with Crippen molar-refractivity contribution in [2.75, 3.05) is 13.7 Å². The molecule has 0 aliphatic carbocycles. The summed E-state index contributed by atoms with van der Waals surface area (Å²) in [5.41, 5.74) is 0. The molecule has 0 atom stereocenters. The third kappa shape index (κ3) is 4.59. The number of carbonyl (C=O) groups excluding carboxylic acids is 1. The molecular formula is C12H17NO2S. The lowest BCUT2D eigenvalue weighted by Crippen LogP contribution is -2.12. The van der Waals surface area contributed by atoms with Gasteiger partial charge in [-0.25, -0.2) is 0 Å². The summed E-state index contributed by atoms with van der Waals surface area (Å²) in [5.74, 6) is -0.187. The zero-order valence-electron chi connectivity index (χ0n) is 9.49. The van der Waals surface area contributed by atoms with E-state index < -0.39 is 0 Å². The number of hydrogen-bond donors (Lipinski definition) is 1. The van der Waals surface area contributed by atoms with Gasteiger partial charge in [0, 0.05) is 16.3 Å². The second kappa shape index (κ2) is 7.19. The summed E-state index contributed by atoms with van der Waals surface area (Å²) >= 11 is 1.65. The highest BCUT2D eigenvalue weighted by molar-refractivity contribution is 7.12. The van der Waals surface area contributed by atoms with E-state index in [0.29, 0.717) is 6.42 Å². The fraction of sp³-hybridized carbons (Fsp3) is 0.417. The van der Waals surface area contributed by atoms with Crippen molar-refractivity contribution in [1.82, 2.24) is 5.32 Å². The average molecular weight is 239 g/mol. The van der Waals surface area contributed by atoms with E-state index in [1.165, 1.54) is 12.0 Å². The highest BCUT2D eigenvalue weighted by Crippen LogP contribution is 2.17. The molecule has 3 nitrogen and oxygen atoms in total. The molecular weight excluding hydrogens is 222 g/mol. The number of methoxy groups -OCH3 is 1. The van der Waals surface area contributed by atoms with Crippen molar-refractivity contribution in [3.8, 4) is 0 Å². The molecule has 4 heteroatoms. The number of rotatable bonds is 7. The van der Waals surface area contributed by atoms with E-state index in [1.807, 2.05) is 18.2 Å². The minimum atomic E-state index is -0.187. The molecule has 0 spiro atoms. The van der Waals surface area contributed by atoms with Crippen molar-refractivity contribution in [2.24, 2.45) is 0 Å². The van der Waals surface area contributed by atoms with Crippen LogP contribution in [0.4, 0.5) is 0 Å². The van der Waals surface area contributed by atoms with Gasteiger partial charge in [0.1, 0.15) is 0 Å². The first-order chi connectivity index (χ1) is 7.76. The summed E-state index contributed by atoms with van der Waals surface area (Å²) in [7, 11) is 1.41. The van der Waals surface area contributed by atoms with Crippen LogP contribution in [-0.4, -0.2) is 19.6 Å². The van der Waals surface area contributed by atoms with Crippen molar-refractivity contribution >= 4 is 17.3 Å². The molecule has 0 unspecified atom stereocenters. The Labute approximate surface area is 100 Å². The van der Waals surface area contributed by atoms with Crippen LogP contribution in [-0.2, 0) is 22.5 Å². The van der Waals surface area contributed by atoms with Gasteiger partial charge in [-0.2, -0.15) is 0 Å². The van der Waals surface area contributed by atoms with Gasteiger partial charge in [0.15, 0.2) is 0 Å². The van der Waals surface area contributed by atoms with Crippen molar-refractivity contribution in [1.29, 1.82) is 0 Å². The Morgan fingerprint density at radius 1 is 1.56 bits per heavy atom. The molecule has 0 aromatic carbocycles. The van der Waals surface area contributed by atoms with Gasteiger partial charge in [-0.3, -0.25) is 4.79 Å². The van der Waals surface area contributed by atoms with Crippen LogP contribution in [0.1, 0.15) is 16.2 Å². The molecule has 1 aromatic heterocycles. The lowest BCUT2D eigenvalue weighted by atomic mass is 10.3. The average Bonchev–Trinajstić information content (AvgIpc) is 2.72. The number of ether oxygens (including phenoxy) is 1. The second-order valence-electron chi connectivity index (χ2n) is 3.38. The van der Waals surface area contributed by atoms with E-state index in [1.54, 1.807) is 11.3 Å². The molecule has 0 amide bonds. The number of hydrogen-bond acceptors (Lipinski definition) is 4. The van der Waals surface area contributed by atoms with Gasteiger partial charge in [-0.05, 0) is 25.1 Å². The predicted molar refractivity (Wildman–Crippen MR) is 66.6 cm³/mol. The minimum absolute atomic E-state index is 0.187. The van der Waals surface area contributed by atoms with Crippen LogP contribution in [0.2, 0.25) is 0 Å². The molecule has 0 radical (unpaired) electrons. The lowest BCUT2D eigenvalue weighted by Gasteiger charge is -1.99. The van der Waals surface area contributed by atoms with Gasteiger partial charge >= 0.3 is 5.97 Å². The van der Waals surface area contributed by atoms with Crippen molar-refractivity contribution < 1.29 is 9.53 Å². The SMILES string of the molecule is C=CCCNCc1ccc(CC(=O)OC)s1. The van der Waals surface area contributed by atoms with Crippen LogP contribution in [0.15, 0.2) is 24.8 Å². The smallest absolute Gasteiger partial charge is 0.310 e. The molecule has 1 rings (SSSR count). The first-order valence-corrected chi connectivity index (χ1v) is 6.04. The van der Waals surface area contributed by atoms with E-state index >= 15 is 0 Å². The van der Waals surface area contributed by atoms with Crippen LogP contribution < -0.4 is 5.32 Å². The Morgan fingerprint density at radius 2 is 2.31 bits per heavy atom. The van der Waals surface area contributed by atoms with Gasteiger partial charge in [0.05, 0.1) is 13.5 Å². The van der Waals surface area contributed by atoms with E-state index in [4.69, 9.17) is 0 Å². The molecule has 1 heterocycles. The molecule has 1 aromatic rings. The van der Waals surface area contributed by atoms with Gasteiger partial charge < -0.3 is 10.1 Å². The second-order valence-corrected chi connectivity index (χ2v) is 4.63. The highest BCUT2D eigenvalue weighted by Gasteiger charge is 2.05. The van der Waals surface area contributed by atoms with Gasteiger partial charge in [-0.15, -0.1) is 17.9 Å². The number of carbonyl (C=O) groups is 1. The molecule has 0 aliphatic heterocycles. The molecule has 0 saturated carbocycles. The lowest BCUT2D eigenvalue weighted by molar-refractivity contribution is -0.139. The predicted octanol–water partition coefficient (Wildman–Crippen LogP) is 2.13. The summed E-state index contributed by atoms with van der Waals surface area (Å²) in [4.78, 5) is 13.3. The van der Waals surface area contributed by atoms with Crippen molar-refractivity contribution in [3.05, 3.63) is 34.5 Å². The molecule has 1 N–H and O–H groups in total. The zero-order valence-corrected chi connectivity index (χ0v) is 10.3. The molecule has 88 valence electrons. The molecule has 16 heavy (non-hydrogen) atoms. The maximum Gasteiger partial charge on any atom is 0.310 e. The van der Waals surface area contributed by atoms with E-state index in [9.17, 15) is 4.79 Å². The fourth-order valence-electron chi connectivity index (χ4n) is 1.24. The van der Waals surface area contributed by atoms with Crippen LogP contribution in [0.5, 0.6) is 0 Å². The quantitative estimate of drug-likeness (QED) is 0.450. The first kappa shape index (κ1) is 12.9. The molecule has 0 bridgehead atoms. The Hall–Kier alpha value is -1.13. The van der Waals surface area contributed by atoms with E-state index in [-0.39, 0.29) is 5.97 Å².